The number of carbonyl (C=O) groups excluding carboxylic acids is 4. The van der Waals surface area contributed by atoms with E-state index in [1.807, 2.05) is 0 Å². The summed E-state index contributed by atoms with van der Waals surface area (Å²) in [4.78, 5) is 46.5. The Bertz CT molecular complexity index is 748. The molecule has 0 saturated heterocycles. The Morgan fingerprint density at radius 2 is 0.929 bits per heavy atom. The molecular formula is C27H46N2O13. The molecular weight excluding hydrogens is 560 g/mol. The number of imide groups is 1. The highest BCUT2D eigenvalue weighted by molar-refractivity contribution is 6.13. The van der Waals surface area contributed by atoms with Crippen LogP contribution < -0.4 is 5.32 Å². The van der Waals surface area contributed by atoms with Crippen molar-refractivity contribution in [3.8, 4) is 0 Å². The largest absolute Gasteiger partial charge is 0.469 e. The molecule has 1 aliphatic heterocycles. The lowest BCUT2D eigenvalue weighted by Gasteiger charge is -2.13. The van der Waals surface area contributed by atoms with Gasteiger partial charge in [0, 0.05) is 31.7 Å². The third kappa shape index (κ3) is 22.1. The van der Waals surface area contributed by atoms with Crippen LogP contribution in [0.15, 0.2) is 12.2 Å². The molecule has 42 heavy (non-hydrogen) atoms. The van der Waals surface area contributed by atoms with E-state index >= 15 is 0 Å². The zero-order chi connectivity index (χ0) is 30.5. The maximum atomic E-state index is 11.8. The van der Waals surface area contributed by atoms with Crippen molar-refractivity contribution in [2.75, 3.05) is 126 Å². The van der Waals surface area contributed by atoms with E-state index in [9.17, 15) is 19.2 Å². The van der Waals surface area contributed by atoms with E-state index < -0.39 is 11.8 Å². The predicted octanol–water partition coefficient (Wildman–Crippen LogP) is -0.886. The monoisotopic (exact) mass is 606 g/mol. The topological polar surface area (TPSA) is 167 Å². The van der Waals surface area contributed by atoms with Crippen molar-refractivity contribution in [2.45, 2.75) is 12.8 Å². The summed E-state index contributed by atoms with van der Waals surface area (Å²) in [5.74, 6) is -1.35. The molecule has 0 saturated carbocycles. The second-order valence-electron chi connectivity index (χ2n) is 8.49. The molecule has 1 aliphatic rings. The summed E-state index contributed by atoms with van der Waals surface area (Å²) in [7, 11) is 1.34. The van der Waals surface area contributed by atoms with Gasteiger partial charge in [0.05, 0.1) is 119 Å². The smallest absolute Gasteiger partial charge is 0.307 e. The predicted molar refractivity (Wildman–Crippen MR) is 147 cm³/mol. The number of nitrogens with one attached hydrogen (secondary N) is 1. The number of nitrogens with zero attached hydrogens (tertiary/aromatic N) is 1. The van der Waals surface area contributed by atoms with Gasteiger partial charge in [-0.25, -0.2) is 0 Å². The minimum atomic E-state index is -0.399. The molecule has 15 heteroatoms. The lowest BCUT2D eigenvalue weighted by molar-refractivity contribution is -0.142. The van der Waals surface area contributed by atoms with Crippen LogP contribution in [0.3, 0.4) is 0 Å². The lowest BCUT2D eigenvalue weighted by Crippen LogP contribution is -2.35. The highest BCUT2D eigenvalue weighted by Gasteiger charge is 2.23. The molecule has 0 aromatic carbocycles. The standard InChI is InChI=1S/C27H46N2O13/c1-34-27(33)5-8-35-10-12-37-14-16-39-18-20-41-22-23-42-21-19-40-17-15-38-13-11-36-9-6-28-24(30)4-7-29-25(31)2-3-26(29)32/h2-3H,4-23H2,1H3,(H,28,30). The van der Waals surface area contributed by atoms with Crippen LogP contribution in [0.2, 0.25) is 0 Å². The SMILES string of the molecule is COC(=O)CCOCCOCCOCCOCCOCCOCCOCCOCCNC(=O)CCN1C(=O)C=CC1=O. The van der Waals surface area contributed by atoms with Gasteiger partial charge in [0.25, 0.3) is 11.8 Å². The molecule has 0 radical (unpaired) electrons. The number of methoxy groups -OCH3 is 1. The van der Waals surface area contributed by atoms with Crippen LogP contribution in [0.1, 0.15) is 12.8 Å². The molecule has 3 amide bonds. The summed E-state index contributed by atoms with van der Waals surface area (Å²) in [6.45, 7) is 7.25. The Kier molecular flexibility index (Phi) is 24.4. The summed E-state index contributed by atoms with van der Waals surface area (Å²) < 4.78 is 47.6. The highest BCUT2D eigenvalue weighted by atomic mass is 16.6. The van der Waals surface area contributed by atoms with Gasteiger partial charge in [0.1, 0.15) is 0 Å². The third-order valence-electron chi connectivity index (χ3n) is 5.31. The molecule has 1 rings (SSSR count). The molecule has 1 N–H and O–H groups in total. The third-order valence-corrected chi connectivity index (χ3v) is 5.31. The van der Waals surface area contributed by atoms with E-state index in [2.05, 4.69) is 10.1 Å². The Hall–Kier alpha value is -2.50. The summed E-state index contributed by atoms with van der Waals surface area (Å²) in [5.41, 5.74) is 0. The lowest BCUT2D eigenvalue weighted by atomic mass is 10.3. The van der Waals surface area contributed by atoms with Crippen LogP contribution in [0.25, 0.3) is 0 Å². The van der Waals surface area contributed by atoms with E-state index in [-0.39, 0.29) is 31.3 Å². The van der Waals surface area contributed by atoms with Crippen molar-refractivity contribution >= 4 is 23.7 Å². The first-order valence-corrected chi connectivity index (χ1v) is 14.0. The highest BCUT2D eigenvalue weighted by Crippen LogP contribution is 2.03. The van der Waals surface area contributed by atoms with Gasteiger partial charge in [-0.15, -0.1) is 0 Å². The molecule has 1 heterocycles. The van der Waals surface area contributed by atoms with Gasteiger partial charge >= 0.3 is 5.97 Å². The summed E-state index contributed by atoms with van der Waals surface area (Å²) in [6, 6.07) is 0. The van der Waals surface area contributed by atoms with Crippen molar-refractivity contribution in [2.24, 2.45) is 0 Å². The molecule has 0 aliphatic carbocycles. The van der Waals surface area contributed by atoms with Crippen molar-refractivity contribution in [1.82, 2.24) is 10.2 Å². The fourth-order valence-corrected chi connectivity index (χ4v) is 3.11. The second kappa shape index (κ2) is 27.3. The number of esters is 1. The van der Waals surface area contributed by atoms with E-state index in [0.29, 0.717) is 112 Å². The number of hydrogen-bond donors (Lipinski definition) is 1. The quantitative estimate of drug-likeness (QED) is 0.0609. The molecule has 0 aromatic rings. The van der Waals surface area contributed by atoms with Crippen molar-refractivity contribution in [3.63, 3.8) is 0 Å². The summed E-state index contributed by atoms with van der Waals surface area (Å²) >= 11 is 0. The van der Waals surface area contributed by atoms with Crippen LogP contribution >= 0.6 is 0 Å². The minimum Gasteiger partial charge on any atom is -0.469 e. The van der Waals surface area contributed by atoms with Gasteiger partial charge in [-0.2, -0.15) is 0 Å². The van der Waals surface area contributed by atoms with Crippen molar-refractivity contribution < 1.29 is 61.8 Å². The van der Waals surface area contributed by atoms with E-state index in [1.165, 1.54) is 19.3 Å². The summed E-state index contributed by atoms with van der Waals surface area (Å²) in [5, 5.41) is 2.67. The molecule has 15 nitrogen and oxygen atoms in total. The van der Waals surface area contributed by atoms with Crippen LogP contribution in [0, 0.1) is 0 Å². The van der Waals surface area contributed by atoms with Crippen LogP contribution in [-0.2, 0) is 61.8 Å². The van der Waals surface area contributed by atoms with Crippen LogP contribution in [0.4, 0.5) is 0 Å². The average Bonchev–Trinajstić information content (AvgIpc) is 3.31. The molecule has 0 spiro atoms. The maximum absolute atomic E-state index is 11.8. The fourth-order valence-electron chi connectivity index (χ4n) is 3.11. The molecule has 242 valence electrons. The average molecular weight is 607 g/mol. The molecule has 0 aromatic heterocycles. The van der Waals surface area contributed by atoms with Crippen molar-refractivity contribution in [3.05, 3.63) is 12.2 Å². The maximum Gasteiger partial charge on any atom is 0.307 e. The van der Waals surface area contributed by atoms with Gasteiger partial charge in [0.2, 0.25) is 5.91 Å². The second-order valence-corrected chi connectivity index (χ2v) is 8.49. The van der Waals surface area contributed by atoms with E-state index in [0.717, 1.165) is 4.90 Å². The zero-order valence-corrected chi connectivity index (χ0v) is 24.6. The number of hydrogen-bond acceptors (Lipinski definition) is 13. The Morgan fingerprint density at radius 1 is 0.571 bits per heavy atom. The van der Waals surface area contributed by atoms with E-state index in [1.54, 1.807) is 0 Å². The van der Waals surface area contributed by atoms with Gasteiger partial charge in [-0.3, -0.25) is 24.1 Å². The first-order valence-electron chi connectivity index (χ1n) is 14.0. The van der Waals surface area contributed by atoms with Crippen molar-refractivity contribution in [1.29, 1.82) is 0 Å². The zero-order valence-electron chi connectivity index (χ0n) is 24.6. The first-order chi connectivity index (χ1) is 20.5. The Balaban J connectivity index is 1.68. The summed E-state index contributed by atoms with van der Waals surface area (Å²) in [6.07, 6.45) is 2.67. The fraction of sp³-hybridized carbons (Fsp3) is 0.778. The molecule has 0 fully saturated rings. The number of rotatable bonds is 30. The van der Waals surface area contributed by atoms with E-state index in [4.69, 9.17) is 37.9 Å². The number of carbonyl (C=O) groups is 4. The molecule has 0 bridgehead atoms. The van der Waals surface area contributed by atoms with Gasteiger partial charge in [0.15, 0.2) is 0 Å². The van der Waals surface area contributed by atoms with Gasteiger partial charge in [-0.05, 0) is 0 Å². The molecule has 0 atom stereocenters. The first kappa shape index (κ1) is 37.5. The minimum absolute atomic E-state index is 0.0513. The van der Waals surface area contributed by atoms with Gasteiger partial charge in [-0.1, -0.05) is 0 Å². The number of ether oxygens (including phenoxy) is 9. The van der Waals surface area contributed by atoms with Crippen LogP contribution in [0.5, 0.6) is 0 Å². The van der Waals surface area contributed by atoms with Gasteiger partial charge < -0.3 is 47.9 Å². The number of amides is 3. The normalized spacial score (nSPS) is 12.8. The Morgan fingerprint density at radius 3 is 1.31 bits per heavy atom. The van der Waals surface area contributed by atoms with Crippen LogP contribution in [-0.4, -0.2) is 155 Å². The Labute approximate surface area is 247 Å². The molecule has 0 unspecified atom stereocenters.